The SMILES string of the molecule is Cc1ccc(S(=O)(=O)OCCC2CCN(C(=O)[C@@H](NC(=O)OC(C)(C)C)C(C)C)CC2)cc1. The van der Waals surface area contributed by atoms with E-state index in [1.165, 1.54) is 0 Å². The third-order valence-electron chi connectivity index (χ3n) is 5.61. The number of nitrogens with one attached hydrogen (secondary N) is 1. The Kier molecular flexibility index (Phi) is 9.31. The molecule has 2 rings (SSSR count). The van der Waals surface area contributed by atoms with Gasteiger partial charge in [0.25, 0.3) is 10.1 Å². The van der Waals surface area contributed by atoms with E-state index in [1.54, 1.807) is 49.9 Å². The first-order valence-corrected chi connectivity index (χ1v) is 12.9. The van der Waals surface area contributed by atoms with Crippen LogP contribution in [0.1, 0.15) is 59.4 Å². The Bertz CT molecular complexity index is 898. The van der Waals surface area contributed by atoms with Crippen LogP contribution < -0.4 is 5.32 Å². The minimum Gasteiger partial charge on any atom is -0.444 e. The molecule has 33 heavy (non-hydrogen) atoms. The Labute approximate surface area is 198 Å². The Balaban J connectivity index is 1.82. The van der Waals surface area contributed by atoms with Gasteiger partial charge in [-0.25, -0.2) is 4.79 Å². The molecule has 0 unspecified atom stereocenters. The summed E-state index contributed by atoms with van der Waals surface area (Å²) in [5, 5.41) is 2.71. The van der Waals surface area contributed by atoms with Crippen molar-refractivity contribution in [1.29, 1.82) is 0 Å². The molecule has 0 radical (unpaired) electrons. The molecule has 1 aliphatic heterocycles. The highest BCUT2D eigenvalue weighted by atomic mass is 32.2. The van der Waals surface area contributed by atoms with Crippen LogP contribution >= 0.6 is 0 Å². The van der Waals surface area contributed by atoms with E-state index in [0.717, 1.165) is 18.4 Å². The summed E-state index contributed by atoms with van der Waals surface area (Å²) >= 11 is 0. The van der Waals surface area contributed by atoms with Gasteiger partial charge in [-0.1, -0.05) is 31.5 Å². The quantitative estimate of drug-likeness (QED) is 0.564. The van der Waals surface area contributed by atoms with E-state index in [0.29, 0.717) is 19.5 Å². The number of carbonyl (C=O) groups excluding carboxylic acids is 2. The number of benzene rings is 1. The molecule has 1 saturated heterocycles. The van der Waals surface area contributed by atoms with Crippen molar-refractivity contribution < 1.29 is 26.9 Å². The molecule has 8 nitrogen and oxygen atoms in total. The van der Waals surface area contributed by atoms with E-state index in [1.807, 2.05) is 20.8 Å². The maximum atomic E-state index is 13.0. The summed E-state index contributed by atoms with van der Waals surface area (Å²) in [5.41, 5.74) is 0.346. The first-order chi connectivity index (χ1) is 15.3. The number of amides is 2. The average molecular weight is 483 g/mol. The van der Waals surface area contributed by atoms with Crippen LogP contribution in [-0.4, -0.2) is 56.7 Å². The normalized spacial score (nSPS) is 16.5. The predicted molar refractivity (Wildman–Crippen MR) is 126 cm³/mol. The summed E-state index contributed by atoms with van der Waals surface area (Å²) in [7, 11) is -3.76. The standard InChI is InChI=1S/C24H38N2O6S/c1-17(2)21(25-23(28)32-24(4,5)6)22(27)26-14-11-19(12-15-26)13-16-31-33(29,30)20-9-7-18(3)8-10-20/h7-10,17,19,21H,11-16H2,1-6H3,(H,25,28)/t21-/m0/s1. The number of carbonyl (C=O) groups is 2. The lowest BCUT2D eigenvalue weighted by molar-refractivity contribution is -0.136. The van der Waals surface area contributed by atoms with Crippen LogP contribution in [-0.2, 0) is 23.8 Å². The number of aryl methyl sites for hydroxylation is 1. The lowest BCUT2D eigenvalue weighted by Gasteiger charge is -2.35. The van der Waals surface area contributed by atoms with Gasteiger partial charge in [0.2, 0.25) is 5.91 Å². The number of ether oxygens (including phenoxy) is 1. The van der Waals surface area contributed by atoms with Gasteiger partial charge in [0.15, 0.2) is 0 Å². The number of likely N-dealkylation sites (tertiary alicyclic amines) is 1. The van der Waals surface area contributed by atoms with Crippen molar-refractivity contribution in [1.82, 2.24) is 10.2 Å². The monoisotopic (exact) mass is 482 g/mol. The van der Waals surface area contributed by atoms with Crippen molar-refractivity contribution in [3.8, 4) is 0 Å². The topological polar surface area (TPSA) is 102 Å². The number of nitrogens with zero attached hydrogens (tertiary/aromatic N) is 1. The molecule has 1 N–H and O–H groups in total. The van der Waals surface area contributed by atoms with Gasteiger partial charge in [0, 0.05) is 13.1 Å². The molecular weight excluding hydrogens is 444 g/mol. The Morgan fingerprint density at radius 2 is 1.70 bits per heavy atom. The maximum Gasteiger partial charge on any atom is 0.408 e. The molecular formula is C24H38N2O6S. The zero-order valence-electron chi connectivity index (χ0n) is 20.6. The highest BCUT2D eigenvalue weighted by molar-refractivity contribution is 7.86. The molecule has 9 heteroatoms. The molecule has 1 aliphatic rings. The second kappa shape index (κ2) is 11.3. The van der Waals surface area contributed by atoms with Crippen molar-refractivity contribution in [3.63, 3.8) is 0 Å². The minimum absolute atomic E-state index is 0.0804. The van der Waals surface area contributed by atoms with Crippen LogP contribution in [0.25, 0.3) is 0 Å². The van der Waals surface area contributed by atoms with Crippen molar-refractivity contribution in [2.24, 2.45) is 11.8 Å². The number of rotatable bonds is 8. The van der Waals surface area contributed by atoms with Gasteiger partial charge < -0.3 is 15.0 Å². The maximum absolute atomic E-state index is 13.0. The fraction of sp³-hybridized carbons (Fsp3) is 0.667. The van der Waals surface area contributed by atoms with Crippen LogP contribution in [0.4, 0.5) is 4.79 Å². The lowest BCUT2D eigenvalue weighted by Crippen LogP contribution is -2.53. The second-order valence-electron chi connectivity index (χ2n) is 10.0. The molecule has 1 aromatic carbocycles. The smallest absolute Gasteiger partial charge is 0.408 e. The van der Waals surface area contributed by atoms with Gasteiger partial charge in [-0.3, -0.25) is 8.98 Å². The number of hydrogen-bond donors (Lipinski definition) is 1. The fourth-order valence-corrected chi connectivity index (χ4v) is 4.61. The van der Waals surface area contributed by atoms with Crippen LogP contribution in [0.3, 0.4) is 0 Å². The van der Waals surface area contributed by atoms with Gasteiger partial charge in [-0.2, -0.15) is 8.42 Å². The molecule has 1 fully saturated rings. The third-order valence-corrected chi connectivity index (χ3v) is 6.93. The first kappa shape index (κ1) is 27.1. The summed E-state index contributed by atoms with van der Waals surface area (Å²) in [6, 6.07) is 5.92. The number of piperidine rings is 1. The predicted octanol–water partition coefficient (Wildman–Crippen LogP) is 3.88. The summed E-state index contributed by atoms with van der Waals surface area (Å²) < 4.78 is 35.2. The summed E-state index contributed by atoms with van der Waals surface area (Å²) in [4.78, 5) is 27.1. The highest BCUT2D eigenvalue weighted by Gasteiger charge is 2.32. The minimum atomic E-state index is -3.76. The number of alkyl carbamates (subject to hydrolysis) is 1. The molecule has 1 aromatic rings. The Hall–Kier alpha value is -2.13. The van der Waals surface area contributed by atoms with E-state index in [-0.39, 0.29) is 29.2 Å². The van der Waals surface area contributed by atoms with Gasteiger partial charge in [-0.15, -0.1) is 0 Å². The summed E-state index contributed by atoms with van der Waals surface area (Å²) in [6.07, 6.45) is 1.53. The van der Waals surface area contributed by atoms with Crippen molar-refractivity contribution in [3.05, 3.63) is 29.8 Å². The van der Waals surface area contributed by atoms with Gasteiger partial charge in [0.1, 0.15) is 11.6 Å². The van der Waals surface area contributed by atoms with E-state index >= 15 is 0 Å². The van der Waals surface area contributed by atoms with Crippen molar-refractivity contribution in [2.45, 2.75) is 77.3 Å². The lowest BCUT2D eigenvalue weighted by atomic mass is 9.93. The van der Waals surface area contributed by atoms with Crippen LogP contribution in [0.5, 0.6) is 0 Å². The molecule has 0 saturated carbocycles. The third kappa shape index (κ3) is 8.62. The van der Waals surface area contributed by atoms with Gasteiger partial charge in [-0.05, 0) is 70.9 Å². The Morgan fingerprint density at radius 3 is 2.21 bits per heavy atom. The van der Waals surface area contributed by atoms with E-state index < -0.39 is 27.9 Å². The van der Waals surface area contributed by atoms with Gasteiger partial charge in [0.05, 0.1) is 11.5 Å². The highest BCUT2D eigenvalue weighted by Crippen LogP contribution is 2.23. The molecule has 1 atom stereocenters. The second-order valence-corrected chi connectivity index (χ2v) is 11.6. The zero-order chi connectivity index (χ0) is 24.8. The summed E-state index contributed by atoms with van der Waals surface area (Å²) in [5.74, 6) is 0.0780. The van der Waals surface area contributed by atoms with Crippen molar-refractivity contribution in [2.75, 3.05) is 19.7 Å². The Morgan fingerprint density at radius 1 is 1.12 bits per heavy atom. The number of hydrogen-bond acceptors (Lipinski definition) is 6. The van der Waals surface area contributed by atoms with Gasteiger partial charge >= 0.3 is 6.09 Å². The molecule has 0 aliphatic carbocycles. The van der Waals surface area contributed by atoms with Crippen LogP contribution in [0.2, 0.25) is 0 Å². The molecule has 186 valence electrons. The van der Waals surface area contributed by atoms with E-state index in [2.05, 4.69) is 5.32 Å². The molecule has 0 spiro atoms. The van der Waals surface area contributed by atoms with Crippen molar-refractivity contribution >= 4 is 22.1 Å². The zero-order valence-corrected chi connectivity index (χ0v) is 21.4. The first-order valence-electron chi connectivity index (χ1n) is 11.5. The molecule has 2 amide bonds. The van der Waals surface area contributed by atoms with E-state index in [4.69, 9.17) is 8.92 Å². The van der Waals surface area contributed by atoms with Crippen LogP contribution in [0.15, 0.2) is 29.2 Å². The largest absolute Gasteiger partial charge is 0.444 e. The fourth-order valence-electron chi connectivity index (χ4n) is 3.68. The average Bonchev–Trinajstić information content (AvgIpc) is 2.71. The molecule has 1 heterocycles. The summed E-state index contributed by atoms with van der Waals surface area (Å²) in [6.45, 7) is 12.2. The van der Waals surface area contributed by atoms with Crippen LogP contribution in [0, 0.1) is 18.8 Å². The molecule has 0 aromatic heterocycles. The van der Waals surface area contributed by atoms with E-state index in [9.17, 15) is 18.0 Å². The molecule has 0 bridgehead atoms.